The number of nitrogens with one attached hydrogen (secondary N) is 1. The molecule has 1 heterocycles. The first-order valence-corrected chi connectivity index (χ1v) is 5.76. The fraction of sp³-hybridized carbons (Fsp3) is 0.308. The molecule has 2 N–H and O–H groups in total. The van der Waals surface area contributed by atoms with Crippen LogP contribution in [0.15, 0.2) is 24.5 Å². The van der Waals surface area contributed by atoms with Gasteiger partial charge in [0.1, 0.15) is 0 Å². The van der Waals surface area contributed by atoms with Gasteiger partial charge in [-0.15, -0.1) is 0 Å². The van der Waals surface area contributed by atoms with E-state index in [-0.39, 0.29) is 5.91 Å². The van der Waals surface area contributed by atoms with Gasteiger partial charge in [-0.3, -0.25) is 9.78 Å². The van der Waals surface area contributed by atoms with Crippen LogP contribution >= 0.6 is 0 Å². The molecule has 0 aliphatic carbocycles. The summed E-state index contributed by atoms with van der Waals surface area (Å²) in [4.78, 5) is 26.1. The van der Waals surface area contributed by atoms with Crippen molar-refractivity contribution in [2.24, 2.45) is 0 Å². The van der Waals surface area contributed by atoms with Crippen molar-refractivity contribution in [2.75, 3.05) is 20.3 Å². The number of carbonyl (C=O) groups excluding carboxylic acids is 1. The number of nitrogens with zero attached hydrogens (tertiary/aromatic N) is 1. The molecule has 0 bridgehead atoms. The highest BCUT2D eigenvalue weighted by Crippen LogP contribution is 2.05. The molecule has 0 atom stereocenters. The molecule has 6 heteroatoms. The highest BCUT2D eigenvalue weighted by molar-refractivity contribution is 5.94. The zero-order valence-corrected chi connectivity index (χ0v) is 10.6. The largest absolute Gasteiger partial charge is 0.478 e. The van der Waals surface area contributed by atoms with Crippen LogP contribution in [0.2, 0.25) is 0 Å². The molecule has 6 nitrogen and oxygen atoms in total. The van der Waals surface area contributed by atoms with E-state index in [0.29, 0.717) is 24.3 Å². The van der Waals surface area contributed by atoms with Crippen LogP contribution < -0.4 is 5.32 Å². The summed E-state index contributed by atoms with van der Waals surface area (Å²) < 4.78 is 4.87. The van der Waals surface area contributed by atoms with Crippen LogP contribution in [0.1, 0.15) is 22.3 Å². The van der Waals surface area contributed by atoms with Crippen LogP contribution in [0, 0.1) is 0 Å². The predicted molar refractivity (Wildman–Crippen MR) is 69.7 cm³/mol. The molecule has 1 aromatic heterocycles. The third-order valence-electron chi connectivity index (χ3n) is 2.25. The van der Waals surface area contributed by atoms with Gasteiger partial charge in [0.25, 0.3) is 5.91 Å². The third-order valence-corrected chi connectivity index (χ3v) is 2.25. The highest BCUT2D eigenvalue weighted by Gasteiger charge is 2.05. The van der Waals surface area contributed by atoms with Crippen LogP contribution in [0.5, 0.6) is 0 Å². The molecular formula is C13H16N2O4. The van der Waals surface area contributed by atoms with E-state index in [0.717, 1.165) is 12.5 Å². The second-order valence-corrected chi connectivity index (χ2v) is 3.78. The SMILES string of the molecule is COCCCNC(=O)c1cncc(/C=C/C(=O)O)c1. The second-order valence-electron chi connectivity index (χ2n) is 3.78. The molecule has 0 fully saturated rings. The minimum absolute atomic E-state index is 0.242. The van der Waals surface area contributed by atoms with Crippen LogP contribution in [0.4, 0.5) is 0 Å². The Morgan fingerprint density at radius 2 is 2.26 bits per heavy atom. The average molecular weight is 264 g/mol. The molecule has 0 saturated heterocycles. The van der Waals surface area contributed by atoms with Crippen molar-refractivity contribution in [3.05, 3.63) is 35.7 Å². The number of hydrogen-bond acceptors (Lipinski definition) is 4. The van der Waals surface area contributed by atoms with Crippen molar-refractivity contribution >= 4 is 18.0 Å². The molecule has 1 rings (SSSR count). The molecule has 1 amide bonds. The van der Waals surface area contributed by atoms with Crippen LogP contribution in [-0.2, 0) is 9.53 Å². The molecule has 1 aromatic rings. The fourth-order valence-corrected chi connectivity index (χ4v) is 1.36. The van der Waals surface area contributed by atoms with Gasteiger partial charge in [-0.2, -0.15) is 0 Å². The van der Waals surface area contributed by atoms with Crippen molar-refractivity contribution in [1.82, 2.24) is 10.3 Å². The first-order valence-electron chi connectivity index (χ1n) is 5.76. The van der Waals surface area contributed by atoms with Gasteiger partial charge in [0.2, 0.25) is 0 Å². The Morgan fingerprint density at radius 3 is 2.95 bits per heavy atom. The Bertz CT molecular complexity index is 471. The van der Waals surface area contributed by atoms with Crippen LogP contribution in [-0.4, -0.2) is 42.2 Å². The monoisotopic (exact) mass is 264 g/mol. The lowest BCUT2D eigenvalue weighted by atomic mass is 10.2. The number of aliphatic carboxylic acids is 1. The highest BCUT2D eigenvalue weighted by atomic mass is 16.5. The number of methoxy groups -OCH3 is 1. The van der Waals surface area contributed by atoms with E-state index in [9.17, 15) is 9.59 Å². The maximum atomic E-state index is 11.8. The zero-order chi connectivity index (χ0) is 14.1. The summed E-state index contributed by atoms with van der Waals surface area (Å²) in [6.45, 7) is 1.10. The predicted octanol–water partition coefficient (Wildman–Crippen LogP) is 0.946. The molecule has 0 unspecified atom stereocenters. The number of hydrogen-bond donors (Lipinski definition) is 2. The van der Waals surface area contributed by atoms with Gasteiger partial charge < -0.3 is 15.2 Å². The summed E-state index contributed by atoms with van der Waals surface area (Å²) in [5, 5.41) is 11.2. The number of rotatable bonds is 7. The molecule has 0 aliphatic rings. The third kappa shape index (κ3) is 5.78. The maximum absolute atomic E-state index is 11.8. The molecule has 19 heavy (non-hydrogen) atoms. The van der Waals surface area contributed by atoms with Crippen molar-refractivity contribution in [2.45, 2.75) is 6.42 Å². The van der Waals surface area contributed by atoms with Gasteiger partial charge in [0.15, 0.2) is 0 Å². The molecular weight excluding hydrogens is 248 g/mol. The van der Waals surface area contributed by atoms with Crippen LogP contribution in [0.3, 0.4) is 0 Å². The number of ether oxygens (including phenoxy) is 1. The summed E-state index contributed by atoms with van der Waals surface area (Å²) >= 11 is 0. The van der Waals surface area contributed by atoms with E-state index in [1.807, 2.05) is 0 Å². The summed E-state index contributed by atoms with van der Waals surface area (Å²) in [6, 6.07) is 1.58. The quantitative estimate of drug-likeness (QED) is 0.565. The zero-order valence-electron chi connectivity index (χ0n) is 10.6. The van der Waals surface area contributed by atoms with E-state index in [1.165, 1.54) is 18.5 Å². The number of carbonyl (C=O) groups is 2. The topological polar surface area (TPSA) is 88.5 Å². The first kappa shape index (κ1) is 14.8. The summed E-state index contributed by atoms with van der Waals surface area (Å²) in [6.07, 6.45) is 6.04. The van der Waals surface area contributed by atoms with Gasteiger partial charge in [0.05, 0.1) is 5.56 Å². The van der Waals surface area contributed by atoms with Crippen molar-refractivity contribution < 1.29 is 19.4 Å². The molecule has 0 saturated carbocycles. The van der Waals surface area contributed by atoms with E-state index in [1.54, 1.807) is 13.2 Å². The Balaban J connectivity index is 2.60. The van der Waals surface area contributed by atoms with Crippen molar-refractivity contribution in [1.29, 1.82) is 0 Å². The van der Waals surface area contributed by atoms with Gasteiger partial charge in [0, 0.05) is 38.7 Å². The standard InChI is InChI=1S/C13H16N2O4/c1-19-6-2-5-15-13(18)11-7-10(8-14-9-11)3-4-12(16)17/h3-4,7-9H,2,5-6H2,1H3,(H,15,18)(H,16,17)/b4-3+. The number of carboxylic acids is 1. The fourth-order valence-electron chi connectivity index (χ4n) is 1.36. The average Bonchev–Trinajstić information content (AvgIpc) is 2.41. The van der Waals surface area contributed by atoms with Gasteiger partial charge in [-0.1, -0.05) is 0 Å². The Kier molecular flexibility index (Phi) is 6.25. The summed E-state index contributed by atoms with van der Waals surface area (Å²) in [7, 11) is 1.60. The first-order chi connectivity index (χ1) is 9.13. The second kappa shape index (κ2) is 7.99. The minimum atomic E-state index is -1.05. The smallest absolute Gasteiger partial charge is 0.328 e. The molecule has 0 aliphatic heterocycles. The van der Waals surface area contributed by atoms with E-state index in [4.69, 9.17) is 9.84 Å². The van der Waals surface area contributed by atoms with Crippen molar-refractivity contribution in [3.8, 4) is 0 Å². The van der Waals surface area contributed by atoms with Gasteiger partial charge >= 0.3 is 5.97 Å². The van der Waals surface area contributed by atoms with Crippen LogP contribution in [0.25, 0.3) is 6.08 Å². The van der Waals surface area contributed by atoms with E-state index >= 15 is 0 Å². The Morgan fingerprint density at radius 1 is 1.47 bits per heavy atom. The summed E-state index contributed by atoms with van der Waals surface area (Å²) in [5.74, 6) is -1.29. The normalized spacial score (nSPS) is 10.6. The number of amides is 1. The molecule has 102 valence electrons. The maximum Gasteiger partial charge on any atom is 0.328 e. The Labute approximate surface area is 111 Å². The Hall–Kier alpha value is -2.21. The van der Waals surface area contributed by atoms with Gasteiger partial charge in [-0.05, 0) is 24.1 Å². The number of aromatic nitrogens is 1. The number of pyridine rings is 1. The minimum Gasteiger partial charge on any atom is -0.478 e. The molecule has 0 radical (unpaired) electrons. The molecule has 0 spiro atoms. The lowest BCUT2D eigenvalue weighted by molar-refractivity contribution is -0.131. The molecule has 0 aromatic carbocycles. The van der Waals surface area contributed by atoms with Gasteiger partial charge in [-0.25, -0.2) is 4.79 Å². The van der Waals surface area contributed by atoms with Crippen molar-refractivity contribution in [3.63, 3.8) is 0 Å². The number of carboxylic acid groups (broad SMARTS) is 1. The lowest BCUT2D eigenvalue weighted by Gasteiger charge is -2.05. The van der Waals surface area contributed by atoms with E-state index in [2.05, 4.69) is 10.3 Å². The lowest BCUT2D eigenvalue weighted by Crippen LogP contribution is -2.25. The van der Waals surface area contributed by atoms with E-state index < -0.39 is 5.97 Å². The summed E-state index contributed by atoms with van der Waals surface area (Å²) in [5.41, 5.74) is 0.955.